The lowest BCUT2D eigenvalue weighted by atomic mass is 10.2. The van der Waals surface area contributed by atoms with E-state index in [1.54, 1.807) is 17.6 Å². The smallest absolute Gasteiger partial charge is 0.309 e. The Bertz CT molecular complexity index is 759. The minimum atomic E-state index is -0.786. The Morgan fingerprint density at radius 1 is 1.43 bits per heavy atom. The molecule has 1 N–H and O–H groups in total. The van der Waals surface area contributed by atoms with Gasteiger partial charge in [0.25, 0.3) is 5.01 Å². The average molecular weight is 332 g/mol. The molecule has 1 aromatic heterocycles. The van der Waals surface area contributed by atoms with Gasteiger partial charge in [0.05, 0.1) is 12.9 Å². The van der Waals surface area contributed by atoms with Gasteiger partial charge in [0.15, 0.2) is 6.54 Å². The molecule has 1 aromatic carbocycles. The second kappa shape index (κ2) is 7.92. The maximum atomic E-state index is 10.9. The summed E-state index contributed by atoms with van der Waals surface area (Å²) in [7, 11) is 0. The Kier molecular flexibility index (Phi) is 5.93. The summed E-state index contributed by atoms with van der Waals surface area (Å²) in [6.07, 6.45) is 5.85. The van der Waals surface area contributed by atoms with Crippen molar-refractivity contribution in [2.24, 2.45) is 0 Å². The molecule has 2 rings (SSSR count). The van der Waals surface area contributed by atoms with Gasteiger partial charge in [0, 0.05) is 12.1 Å². The predicted molar refractivity (Wildman–Crippen MR) is 93.4 cm³/mol. The minimum Gasteiger partial charge on any atom is -0.501 e. The molecule has 0 aliphatic carbocycles. The summed E-state index contributed by atoms with van der Waals surface area (Å²) >= 11 is 1.67. The zero-order chi connectivity index (χ0) is 16.8. The SMILES string of the molecule is CCOC=C(C)C=Cc1sc2cc(C)ccc2[n+]1CCC(=O)O. The number of aliphatic carboxylic acids is 1. The van der Waals surface area contributed by atoms with E-state index in [2.05, 4.69) is 29.7 Å². The molecule has 0 saturated heterocycles. The van der Waals surface area contributed by atoms with Gasteiger partial charge in [0.2, 0.25) is 5.52 Å². The maximum Gasteiger partial charge on any atom is 0.309 e. The van der Waals surface area contributed by atoms with Crippen molar-refractivity contribution in [2.75, 3.05) is 6.61 Å². The van der Waals surface area contributed by atoms with E-state index >= 15 is 0 Å². The van der Waals surface area contributed by atoms with Crippen LogP contribution in [-0.4, -0.2) is 17.7 Å². The van der Waals surface area contributed by atoms with Gasteiger partial charge >= 0.3 is 5.97 Å². The lowest BCUT2D eigenvalue weighted by Crippen LogP contribution is -2.36. The standard InChI is InChI=1S/C18H21NO3S/c1-4-22-12-14(3)6-8-17-19(10-9-18(20)21)15-7-5-13(2)11-16(15)23-17/h5-8,11-12H,4,9-10H2,1-3H3/p+1. The van der Waals surface area contributed by atoms with Crippen molar-refractivity contribution < 1.29 is 19.2 Å². The van der Waals surface area contributed by atoms with Crippen LogP contribution >= 0.6 is 11.3 Å². The number of carboxylic acid groups (broad SMARTS) is 1. The fourth-order valence-electron chi connectivity index (χ4n) is 2.23. The monoisotopic (exact) mass is 332 g/mol. The molecule has 0 aliphatic heterocycles. The van der Waals surface area contributed by atoms with Gasteiger partial charge < -0.3 is 9.84 Å². The zero-order valence-electron chi connectivity index (χ0n) is 13.7. The van der Waals surface area contributed by atoms with Crippen molar-refractivity contribution in [3.8, 4) is 0 Å². The van der Waals surface area contributed by atoms with E-state index in [0.29, 0.717) is 13.2 Å². The number of allylic oxidation sites excluding steroid dienone is 2. The van der Waals surface area contributed by atoms with Gasteiger partial charge in [-0.1, -0.05) is 17.4 Å². The minimum absolute atomic E-state index is 0.110. The van der Waals surface area contributed by atoms with Crippen molar-refractivity contribution in [3.63, 3.8) is 0 Å². The summed E-state index contributed by atoms with van der Waals surface area (Å²) in [5, 5.41) is 10.0. The number of nitrogens with zero attached hydrogens (tertiary/aromatic N) is 1. The highest BCUT2D eigenvalue weighted by molar-refractivity contribution is 7.18. The number of aryl methyl sites for hydroxylation is 2. The molecule has 0 amide bonds. The number of rotatable bonds is 7. The van der Waals surface area contributed by atoms with Crippen molar-refractivity contribution in [1.29, 1.82) is 0 Å². The Hall–Kier alpha value is -2.14. The predicted octanol–water partition coefficient (Wildman–Crippen LogP) is 3.93. The van der Waals surface area contributed by atoms with Crippen LogP contribution in [0.15, 0.2) is 36.1 Å². The fourth-order valence-corrected chi connectivity index (χ4v) is 3.42. The number of aromatic nitrogens is 1. The molecule has 0 spiro atoms. The quantitative estimate of drug-likeness (QED) is 0.475. The second-order valence-corrected chi connectivity index (χ2v) is 6.42. The lowest BCUT2D eigenvalue weighted by Gasteiger charge is -1.96. The second-order valence-electron chi connectivity index (χ2n) is 5.36. The molecule has 1 heterocycles. The normalized spacial score (nSPS) is 12.2. The Balaban J connectivity index is 2.38. The number of carbonyl (C=O) groups is 1. The van der Waals surface area contributed by atoms with Crippen LogP contribution in [-0.2, 0) is 16.1 Å². The molecule has 0 unspecified atom stereocenters. The van der Waals surface area contributed by atoms with Crippen molar-refractivity contribution in [1.82, 2.24) is 0 Å². The van der Waals surface area contributed by atoms with Crippen LogP contribution in [0.4, 0.5) is 0 Å². The number of hydrogen-bond donors (Lipinski definition) is 1. The molecule has 0 saturated carbocycles. The molecular weight excluding hydrogens is 310 g/mol. The third-order valence-electron chi connectivity index (χ3n) is 3.36. The highest BCUT2D eigenvalue weighted by Crippen LogP contribution is 2.23. The average Bonchev–Trinajstić information content (AvgIpc) is 2.85. The van der Waals surface area contributed by atoms with Crippen LogP contribution < -0.4 is 4.57 Å². The topological polar surface area (TPSA) is 50.4 Å². The molecule has 5 heteroatoms. The van der Waals surface area contributed by atoms with E-state index in [4.69, 9.17) is 9.84 Å². The van der Waals surface area contributed by atoms with Gasteiger partial charge in [-0.05, 0) is 44.1 Å². The number of carboxylic acids is 1. The Morgan fingerprint density at radius 3 is 2.91 bits per heavy atom. The van der Waals surface area contributed by atoms with E-state index in [1.807, 2.05) is 26.0 Å². The van der Waals surface area contributed by atoms with Gasteiger partial charge in [-0.25, -0.2) is 0 Å². The van der Waals surface area contributed by atoms with Crippen molar-refractivity contribution in [2.45, 2.75) is 33.7 Å². The van der Waals surface area contributed by atoms with Crippen LogP contribution in [0, 0.1) is 6.92 Å². The summed E-state index contributed by atoms with van der Waals surface area (Å²) in [5.41, 5.74) is 3.30. The van der Waals surface area contributed by atoms with E-state index in [-0.39, 0.29) is 6.42 Å². The van der Waals surface area contributed by atoms with Crippen LogP contribution in [0.2, 0.25) is 0 Å². The Morgan fingerprint density at radius 2 is 2.22 bits per heavy atom. The molecule has 0 bridgehead atoms. The molecule has 4 nitrogen and oxygen atoms in total. The third kappa shape index (κ3) is 4.66. The van der Waals surface area contributed by atoms with Gasteiger partial charge in [-0.3, -0.25) is 4.79 Å². The summed E-state index contributed by atoms with van der Waals surface area (Å²) in [6, 6.07) is 6.25. The third-order valence-corrected chi connectivity index (χ3v) is 4.47. The first kappa shape index (κ1) is 17.2. The number of hydrogen-bond acceptors (Lipinski definition) is 3. The van der Waals surface area contributed by atoms with Gasteiger partial charge in [-0.2, -0.15) is 4.57 Å². The lowest BCUT2D eigenvalue weighted by molar-refractivity contribution is -0.667. The van der Waals surface area contributed by atoms with Crippen LogP contribution in [0.3, 0.4) is 0 Å². The molecule has 2 aromatic rings. The molecular formula is C18H22NO3S+. The summed E-state index contributed by atoms with van der Waals surface area (Å²) in [6.45, 7) is 7.09. The van der Waals surface area contributed by atoms with Crippen LogP contribution in [0.25, 0.3) is 16.3 Å². The van der Waals surface area contributed by atoms with Crippen molar-refractivity contribution in [3.05, 3.63) is 46.7 Å². The molecule has 0 aliphatic rings. The summed E-state index contributed by atoms with van der Waals surface area (Å²) in [5.74, 6) is -0.786. The first-order valence-corrected chi connectivity index (χ1v) is 8.44. The summed E-state index contributed by atoms with van der Waals surface area (Å²) in [4.78, 5) is 10.9. The van der Waals surface area contributed by atoms with E-state index in [9.17, 15) is 4.79 Å². The first-order chi connectivity index (χ1) is 11.0. The highest BCUT2D eigenvalue weighted by Gasteiger charge is 2.19. The van der Waals surface area contributed by atoms with Gasteiger partial charge in [-0.15, -0.1) is 0 Å². The van der Waals surface area contributed by atoms with Crippen LogP contribution in [0.1, 0.15) is 30.8 Å². The van der Waals surface area contributed by atoms with E-state index < -0.39 is 5.97 Å². The molecule has 0 fully saturated rings. The summed E-state index contributed by atoms with van der Waals surface area (Å²) < 4.78 is 8.51. The number of thiazole rings is 1. The number of fused-ring (bicyclic) bond motifs is 1. The molecule has 23 heavy (non-hydrogen) atoms. The van der Waals surface area contributed by atoms with E-state index in [0.717, 1.165) is 16.1 Å². The fraction of sp³-hybridized carbons (Fsp3) is 0.333. The number of ether oxygens (including phenoxy) is 1. The highest BCUT2D eigenvalue weighted by atomic mass is 32.1. The Labute approximate surface area is 140 Å². The first-order valence-electron chi connectivity index (χ1n) is 7.62. The molecule has 0 radical (unpaired) electrons. The zero-order valence-corrected chi connectivity index (χ0v) is 14.5. The van der Waals surface area contributed by atoms with Crippen LogP contribution in [0.5, 0.6) is 0 Å². The molecule has 122 valence electrons. The van der Waals surface area contributed by atoms with Gasteiger partial charge in [0.1, 0.15) is 11.1 Å². The molecule has 0 atom stereocenters. The largest absolute Gasteiger partial charge is 0.501 e. The van der Waals surface area contributed by atoms with E-state index in [1.165, 1.54) is 10.3 Å². The van der Waals surface area contributed by atoms with Crippen molar-refractivity contribution >= 4 is 33.6 Å². The maximum absolute atomic E-state index is 10.9. The number of benzene rings is 1.